The van der Waals surface area contributed by atoms with Gasteiger partial charge in [-0.05, 0) is 12.5 Å². The van der Waals surface area contributed by atoms with Gasteiger partial charge < -0.3 is 20.3 Å². The van der Waals surface area contributed by atoms with Crippen LogP contribution in [0.15, 0.2) is 23.5 Å². The quantitative estimate of drug-likeness (QED) is 0.621. The number of aliphatic imine (C=N–C) groups is 1. The van der Waals surface area contributed by atoms with Crippen LogP contribution in [0.5, 0.6) is 0 Å². The summed E-state index contributed by atoms with van der Waals surface area (Å²) < 4.78 is 5.35. The Morgan fingerprint density at radius 1 is 1.29 bits per heavy atom. The van der Waals surface area contributed by atoms with E-state index in [9.17, 15) is 0 Å². The lowest BCUT2D eigenvalue weighted by molar-refractivity contribution is 0.187. The fraction of sp³-hybridized carbons (Fsp3) is 0.643. The van der Waals surface area contributed by atoms with E-state index < -0.39 is 0 Å². The second kappa shape index (κ2) is 6.71. The average Bonchev–Trinajstić information content (AvgIpc) is 3.07. The summed E-state index contributed by atoms with van der Waals surface area (Å²) in [5.41, 5.74) is 6.10. The Balaban J connectivity index is 1.49. The summed E-state index contributed by atoms with van der Waals surface area (Å²) in [7, 11) is 0. The van der Waals surface area contributed by atoms with Crippen molar-refractivity contribution in [2.24, 2.45) is 16.6 Å². The van der Waals surface area contributed by atoms with Crippen molar-refractivity contribution in [3.63, 3.8) is 0 Å². The van der Waals surface area contributed by atoms with E-state index in [0.29, 0.717) is 11.9 Å². The van der Waals surface area contributed by atoms with Crippen molar-refractivity contribution in [1.82, 2.24) is 14.9 Å². The van der Waals surface area contributed by atoms with Crippen molar-refractivity contribution in [3.8, 4) is 0 Å². The lowest BCUT2D eigenvalue weighted by Crippen LogP contribution is -2.51. The number of aromatic nitrogens is 2. The van der Waals surface area contributed by atoms with Crippen LogP contribution in [0, 0.1) is 5.92 Å². The lowest BCUT2D eigenvalue weighted by atomic mass is 10.1. The molecule has 2 saturated heterocycles. The average molecular weight is 290 g/mol. The van der Waals surface area contributed by atoms with E-state index in [0.717, 1.165) is 58.3 Å². The van der Waals surface area contributed by atoms with Crippen LogP contribution in [-0.4, -0.2) is 66.8 Å². The highest BCUT2D eigenvalue weighted by Gasteiger charge is 2.20. The molecule has 7 nitrogen and oxygen atoms in total. The van der Waals surface area contributed by atoms with Gasteiger partial charge in [0.25, 0.3) is 0 Å². The first-order valence-corrected chi connectivity index (χ1v) is 7.47. The van der Waals surface area contributed by atoms with E-state index in [-0.39, 0.29) is 0 Å². The van der Waals surface area contributed by atoms with Crippen molar-refractivity contribution in [3.05, 3.63) is 18.5 Å². The standard InChI is InChI=1S/C14H22N6O/c15-13(18-10-12-2-9-21-11-12)19-5-7-20(8-6-19)14-16-3-1-4-17-14/h1,3-4,12H,2,5-11H2,(H2,15,18). The van der Waals surface area contributed by atoms with E-state index in [1.54, 1.807) is 12.4 Å². The fourth-order valence-corrected chi connectivity index (χ4v) is 2.64. The summed E-state index contributed by atoms with van der Waals surface area (Å²) in [5.74, 6) is 1.97. The predicted octanol–water partition coefficient (Wildman–Crippen LogP) is -0.0502. The van der Waals surface area contributed by atoms with Gasteiger partial charge in [0.15, 0.2) is 5.96 Å². The monoisotopic (exact) mass is 290 g/mol. The van der Waals surface area contributed by atoms with Gasteiger partial charge in [-0.1, -0.05) is 0 Å². The first-order chi connectivity index (χ1) is 10.3. The van der Waals surface area contributed by atoms with Crippen LogP contribution >= 0.6 is 0 Å². The van der Waals surface area contributed by atoms with Crippen molar-refractivity contribution < 1.29 is 4.74 Å². The summed E-state index contributed by atoms with van der Waals surface area (Å²) in [6.45, 7) is 5.89. The topological polar surface area (TPSA) is 79.9 Å². The predicted molar refractivity (Wildman–Crippen MR) is 81.2 cm³/mol. The van der Waals surface area contributed by atoms with Crippen molar-refractivity contribution >= 4 is 11.9 Å². The first-order valence-electron chi connectivity index (χ1n) is 7.47. The number of anilines is 1. The van der Waals surface area contributed by atoms with Gasteiger partial charge in [-0.2, -0.15) is 0 Å². The maximum Gasteiger partial charge on any atom is 0.225 e. The maximum absolute atomic E-state index is 6.10. The molecule has 1 aromatic heterocycles. The summed E-state index contributed by atoms with van der Waals surface area (Å²) in [6.07, 6.45) is 4.64. The zero-order valence-electron chi connectivity index (χ0n) is 12.2. The van der Waals surface area contributed by atoms with E-state index in [2.05, 4.69) is 24.8 Å². The molecule has 3 heterocycles. The summed E-state index contributed by atoms with van der Waals surface area (Å²) in [6, 6.07) is 1.83. The molecule has 0 amide bonds. The molecule has 0 saturated carbocycles. The van der Waals surface area contributed by atoms with Crippen molar-refractivity contribution in [1.29, 1.82) is 0 Å². The van der Waals surface area contributed by atoms with Crippen molar-refractivity contribution in [2.45, 2.75) is 6.42 Å². The van der Waals surface area contributed by atoms with Gasteiger partial charge in [-0.25, -0.2) is 9.97 Å². The molecule has 0 radical (unpaired) electrons. The van der Waals surface area contributed by atoms with Gasteiger partial charge in [-0.15, -0.1) is 0 Å². The summed E-state index contributed by atoms with van der Waals surface area (Å²) >= 11 is 0. The normalized spacial score (nSPS) is 23.6. The smallest absolute Gasteiger partial charge is 0.225 e. The number of piperazine rings is 1. The number of hydrogen-bond donors (Lipinski definition) is 1. The second-order valence-electron chi connectivity index (χ2n) is 5.45. The van der Waals surface area contributed by atoms with Gasteiger partial charge in [0, 0.05) is 57.6 Å². The van der Waals surface area contributed by atoms with Gasteiger partial charge in [-0.3, -0.25) is 4.99 Å². The number of nitrogens with zero attached hydrogens (tertiary/aromatic N) is 5. The second-order valence-corrected chi connectivity index (χ2v) is 5.45. The highest BCUT2D eigenvalue weighted by Crippen LogP contribution is 2.13. The zero-order valence-corrected chi connectivity index (χ0v) is 12.2. The molecule has 2 fully saturated rings. The zero-order chi connectivity index (χ0) is 14.5. The van der Waals surface area contributed by atoms with Crippen LogP contribution in [0.1, 0.15) is 6.42 Å². The largest absolute Gasteiger partial charge is 0.381 e. The molecule has 114 valence electrons. The Kier molecular flexibility index (Phi) is 4.49. The lowest BCUT2D eigenvalue weighted by Gasteiger charge is -2.35. The highest BCUT2D eigenvalue weighted by atomic mass is 16.5. The van der Waals surface area contributed by atoms with Crippen LogP contribution in [0.3, 0.4) is 0 Å². The molecule has 0 aliphatic carbocycles. The minimum Gasteiger partial charge on any atom is -0.381 e. The van der Waals surface area contributed by atoms with Crippen LogP contribution in [0.25, 0.3) is 0 Å². The van der Waals surface area contributed by atoms with Gasteiger partial charge >= 0.3 is 0 Å². The Morgan fingerprint density at radius 3 is 2.71 bits per heavy atom. The third-order valence-electron chi connectivity index (χ3n) is 3.97. The van der Waals surface area contributed by atoms with Gasteiger partial charge in [0.2, 0.25) is 5.95 Å². The molecule has 0 spiro atoms. The third kappa shape index (κ3) is 3.60. The molecule has 1 aromatic rings. The third-order valence-corrected chi connectivity index (χ3v) is 3.97. The minimum absolute atomic E-state index is 0.530. The summed E-state index contributed by atoms with van der Waals surface area (Å²) in [4.78, 5) is 17.4. The molecule has 3 rings (SSSR count). The minimum atomic E-state index is 0.530. The molecule has 7 heteroatoms. The molecule has 1 unspecified atom stereocenters. The molecule has 0 aromatic carbocycles. The number of rotatable bonds is 3. The molecule has 1 atom stereocenters. The molecule has 2 aliphatic rings. The molecule has 2 N–H and O–H groups in total. The van der Waals surface area contributed by atoms with E-state index in [1.807, 2.05) is 6.07 Å². The first kappa shape index (κ1) is 14.1. The SMILES string of the molecule is NC(=NCC1CCOC1)N1CCN(c2ncccn2)CC1. The molecule has 0 bridgehead atoms. The van der Waals surface area contributed by atoms with Gasteiger partial charge in [0.1, 0.15) is 0 Å². The number of nitrogens with two attached hydrogens (primary N) is 1. The van der Waals surface area contributed by atoms with Crippen LogP contribution in [-0.2, 0) is 4.74 Å². The Hall–Kier alpha value is -1.89. The van der Waals surface area contributed by atoms with Crippen LogP contribution in [0.4, 0.5) is 5.95 Å². The van der Waals surface area contributed by atoms with E-state index in [1.165, 1.54) is 0 Å². The number of hydrogen-bond acceptors (Lipinski definition) is 5. The maximum atomic E-state index is 6.10. The highest BCUT2D eigenvalue weighted by molar-refractivity contribution is 5.78. The Bertz CT molecular complexity index is 466. The van der Waals surface area contributed by atoms with Crippen LogP contribution in [0.2, 0.25) is 0 Å². The van der Waals surface area contributed by atoms with E-state index in [4.69, 9.17) is 10.5 Å². The van der Waals surface area contributed by atoms with Gasteiger partial charge in [0.05, 0.1) is 6.61 Å². The molecule has 21 heavy (non-hydrogen) atoms. The summed E-state index contributed by atoms with van der Waals surface area (Å²) in [5, 5.41) is 0. The number of guanidine groups is 1. The Morgan fingerprint density at radius 2 is 2.05 bits per heavy atom. The van der Waals surface area contributed by atoms with Crippen molar-refractivity contribution in [2.75, 3.05) is 50.8 Å². The Labute approximate surface area is 124 Å². The fourth-order valence-electron chi connectivity index (χ4n) is 2.64. The van der Waals surface area contributed by atoms with Crippen LogP contribution < -0.4 is 10.6 Å². The van der Waals surface area contributed by atoms with E-state index >= 15 is 0 Å². The molecule has 2 aliphatic heterocycles. The molecular formula is C14H22N6O. The molecular weight excluding hydrogens is 268 g/mol. The number of ether oxygens (including phenoxy) is 1.